The van der Waals surface area contributed by atoms with Crippen molar-refractivity contribution in [2.24, 2.45) is 4.99 Å². The number of aliphatic hydroxyl groups is 1. The Bertz CT molecular complexity index is 870. The Morgan fingerprint density at radius 2 is 1.97 bits per heavy atom. The molecule has 0 bridgehead atoms. The molecule has 1 atom stereocenters. The van der Waals surface area contributed by atoms with Crippen LogP contribution in [-0.2, 0) is 6.54 Å². The zero-order chi connectivity index (χ0) is 19.6. The second kappa shape index (κ2) is 12.2. The Hall–Kier alpha value is -2.46. The molecule has 3 aromatic rings. The fourth-order valence-corrected chi connectivity index (χ4v) is 2.84. The topological polar surface area (TPSA) is 98.2 Å². The smallest absolute Gasteiger partial charge is 0.191 e. The van der Waals surface area contributed by atoms with Crippen molar-refractivity contribution in [3.05, 3.63) is 72.1 Å². The van der Waals surface area contributed by atoms with Crippen molar-refractivity contribution in [2.75, 3.05) is 13.1 Å². The molecule has 29 heavy (non-hydrogen) atoms. The molecule has 1 aromatic heterocycles. The van der Waals surface area contributed by atoms with Gasteiger partial charge in [0.05, 0.1) is 12.6 Å². The first kappa shape index (κ1) is 22.8. The van der Waals surface area contributed by atoms with Crippen molar-refractivity contribution in [1.82, 2.24) is 25.8 Å². The van der Waals surface area contributed by atoms with Gasteiger partial charge in [0.15, 0.2) is 11.8 Å². The summed E-state index contributed by atoms with van der Waals surface area (Å²) in [5.41, 5.74) is 2.99. The van der Waals surface area contributed by atoms with E-state index in [4.69, 9.17) is 0 Å². The largest absolute Gasteiger partial charge is 0.388 e. The van der Waals surface area contributed by atoms with Crippen LogP contribution >= 0.6 is 24.0 Å². The molecule has 8 heteroatoms. The summed E-state index contributed by atoms with van der Waals surface area (Å²) in [6, 6.07) is 17.7. The molecule has 0 aliphatic rings. The van der Waals surface area contributed by atoms with Gasteiger partial charge in [-0.1, -0.05) is 48.5 Å². The molecule has 0 aliphatic carbocycles. The quantitative estimate of drug-likeness (QED) is 0.214. The fraction of sp³-hybridized carbons (Fsp3) is 0.286. The van der Waals surface area contributed by atoms with Crippen LogP contribution in [0, 0.1) is 0 Å². The predicted octanol–water partition coefficient (Wildman–Crippen LogP) is 3.27. The van der Waals surface area contributed by atoms with Crippen LogP contribution < -0.4 is 10.6 Å². The van der Waals surface area contributed by atoms with Crippen LogP contribution in [0.5, 0.6) is 0 Å². The third-order valence-corrected chi connectivity index (χ3v) is 4.27. The van der Waals surface area contributed by atoms with Gasteiger partial charge < -0.3 is 15.7 Å². The van der Waals surface area contributed by atoms with Crippen molar-refractivity contribution in [3.8, 4) is 11.4 Å². The number of hydrogen-bond acceptors (Lipinski definition) is 4. The Morgan fingerprint density at radius 1 is 1.14 bits per heavy atom. The molecule has 0 saturated heterocycles. The van der Waals surface area contributed by atoms with E-state index >= 15 is 0 Å². The molecule has 1 heterocycles. The first-order valence-electron chi connectivity index (χ1n) is 9.46. The van der Waals surface area contributed by atoms with Gasteiger partial charge >= 0.3 is 0 Å². The maximum Gasteiger partial charge on any atom is 0.191 e. The lowest BCUT2D eigenvalue weighted by atomic mass is 10.1. The van der Waals surface area contributed by atoms with Crippen LogP contribution in [0.15, 0.2) is 65.9 Å². The molecule has 7 nitrogen and oxygen atoms in total. The Kier molecular flexibility index (Phi) is 9.58. The zero-order valence-corrected chi connectivity index (χ0v) is 18.7. The average molecular weight is 506 g/mol. The molecule has 2 aromatic carbocycles. The summed E-state index contributed by atoms with van der Waals surface area (Å²) in [5, 5.41) is 23.6. The van der Waals surface area contributed by atoms with E-state index in [2.05, 4.69) is 30.8 Å². The van der Waals surface area contributed by atoms with Crippen LogP contribution in [0.2, 0.25) is 0 Å². The van der Waals surface area contributed by atoms with E-state index in [-0.39, 0.29) is 24.0 Å². The summed E-state index contributed by atoms with van der Waals surface area (Å²) < 4.78 is 0. The second-order valence-electron chi connectivity index (χ2n) is 6.37. The van der Waals surface area contributed by atoms with Crippen LogP contribution in [0.1, 0.15) is 30.6 Å². The van der Waals surface area contributed by atoms with Gasteiger partial charge in [-0.2, -0.15) is 5.10 Å². The van der Waals surface area contributed by atoms with Gasteiger partial charge in [0.25, 0.3) is 0 Å². The van der Waals surface area contributed by atoms with Crippen molar-refractivity contribution >= 4 is 29.9 Å². The number of aromatic amines is 1. The van der Waals surface area contributed by atoms with Gasteiger partial charge in [0.2, 0.25) is 0 Å². The van der Waals surface area contributed by atoms with Gasteiger partial charge in [-0.15, -0.1) is 24.0 Å². The van der Waals surface area contributed by atoms with E-state index in [0.29, 0.717) is 19.5 Å². The molecule has 1 unspecified atom stereocenters. The molecule has 0 saturated carbocycles. The van der Waals surface area contributed by atoms with Crippen molar-refractivity contribution < 1.29 is 5.11 Å². The maximum absolute atomic E-state index is 10.3. The van der Waals surface area contributed by atoms with E-state index in [1.54, 1.807) is 0 Å². The highest BCUT2D eigenvalue weighted by atomic mass is 127. The van der Waals surface area contributed by atoms with Crippen LogP contribution in [0.25, 0.3) is 11.4 Å². The molecular formula is C21H27IN6O. The van der Waals surface area contributed by atoms with Gasteiger partial charge in [-0.3, -0.25) is 5.10 Å². The molecule has 0 fully saturated rings. The highest BCUT2D eigenvalue weighted by Crippen LogP contribution is 2.16. The van der Waals surface area contributed by atoms with Gasteiger partial charge in [0.1, 0.15) is 6.33 Å². The number of aliphatic hydroxyl groups excluding tert-OH is 1. The highest BCUT2D eigenvalue weighted by molar-refractivity contribution is 14.0. The molecule has 0 aliphatic heterocycles. The van der Waals surface area contributed by atoms with Gasteiger partial charge in [-0.25, -0.2) is 9.98 Å². The Morgan fingerprint density at radius 3 is 2.69 bits per heavy atom. The van der Waals surface area contributed by atoms with E-state index in [1.165, 1.54) is 6.33 Å². The number of benzene rings is 2. The summed E-state index contributed by atoms with van der Waals surface area (Å²) >= 11 is 0. The lowest BCUT2D eigenvalue weighted by Crippen LogP contribution is -2.38. The van der Waals surface area contributed by atoms with Crippen LogP contribution in [0.3, 0.4) is 0 Å². The Balaban J connectivity index is 0.00000300. The number of halogens is 1. The normalized spacial score (nSPS) is 12.1. The number of aromatic nitrogens is 3. The fourth-order valence-electron chi connectivity index (χ4n) is 2.84. The van der Waals surface area contributed by atoms with Crippen LogP contribution in [0.4, 0.5) is 0 Å². The van der Waals surface area contributed by atoms with Gasteiger partial charge in [0, 0.05) is 18.7 Å². The van der Waals surface area contributed by atoms with E-state index in [0.717, 1.165) is 35.0 Å². The molecular weight excluding hydrogens is 479 g/mol. The van der Waals surface area contributed by atoms with Crippen molar-refractivity contribution in [2.45, 2.75) is 26.0 Å². The molecule has 0 spiro atoms. The number of guanidine groups is 1. The number of hydrogen-bond donors (Lipinski definition) is 4. The average Bonchev–Trinajstić information content (AvgIpc) is 3.28. The maximum atomic E-state index is 10.3. The van der Waals surface area contributed by atoms with E-state index in [1.807, 2.05) is 61.5 Å². The number of rotatable bonds is 8. The van der Waals surface area contributed by atoms with E-state index in [9.17, 15) is 5.11 Å². The number of H-pyrrole nitrogens is 1. The second-order valence-corrected chi connectivity index (χ2v) is 6.37. The monoisotopic (exact) mass is 506 g/mol. The summed E-state index contributed by atoms with van der Waals surface area (Å²) in [5.74, 6) is 1.47. The molecule has 0 amide bonds. The standard InChI is InChI=1S/C21H26N6O.HI/c1-2-22-21(23-12-11-19(28)17-8-4-3-5-9-17)24-14-16-7-6-10-18(13-16)20-25-15-26-27-20;/h3-10,13,15,19,28H,2,11-12,14H2,1H3,(H2,22,23,24)(H,25,26,27);1H. The third kappa shape index (κ3) is 7.13. The van der Waals surface area contributed by atoms with Crippen LogP contribution in [-0.4, -0.2) is 39.3 Å². The van der Waals surface area contributed by atoms with Crippen molar-refractivity contribution in [1.29, 1.82) is 0 Å². The number of nitrogens with one attached hydrogen (secondary N) is 3. The minimum absolute atomic E-state index is 0. The Labute approximate surface area is 188 Å². The number of nitrogens with zero attached hydrogens (tertiary/aromatic N) is 3. The molecule has 0 radical (unpaired) electrons. The molecule has 3 rings (SSSR count). The minimum atomic E-state index is -0.491. The lowest BCUT2D eigenvalue weighted by Gasteiger charge is -2.14. The van der Waals surface area contributed by atoms with Crippen molar-refractivity contribution in [3.63, 3.8) is 0 Å². The summed E-state index contributed by atoms with van der Waals surface area (Å²) in [6.07, 6.45) is 1.61. The summed E-state index contributed by atoms with van der Waals surface area (Å²) in [6.45, 7) is 3.96. The molecule has 4 N–H and O–H groups in total. The predicted molar refractivity (Wildman–Crippen MR) is 126 cm³/mol. The minimum Gasteiger partial charge on any atom is -0.388 e. The summed E-state index contributed by atoms with van der Waals surface area (Å²) in [4.78, 5) is 8.83. The SMILES string of the molecule is CCNC(=NCc1cccc(-c2ncn[nH]2)c1)NCCC(O)c1ccccc1.I. The highest BCUT2D eigenvalue weighted by Gasteiger charge is 2.07. The summed E-state index contributed by atoms with van der Waals surface area (Å²) in [7, 11) is 0. The number of aliphatic imine (C=N–C) groups is 1. The zero-order valence-electron chi connectivity index (χ0n) is 16.4. The molecule has 154 valence electrons. The first-order valence-corrected chi connectivity index (χ1v) is 9.46. The van der Waals surface area contributed by atoms with Gasteiger partial charge in [-0.05, 0) is 30.5 Å². The lowest BCUT2D eigenvalue weighted by molar-refractivity contribution is 0.168. The first-order chi connectivity index (χ1) is 13.8. The van der Waals surface area contributed by atoms with E-state index < -0.39 is 6.10 Å². The third-order valence-electron chi connectivity index (χ3n) is 4.27.